The van der Waals surface area contributed by atoms with E-state index >= 15 is 0 Å². The highest BCUT2D eigenvalue weighted by atomic mass is 28.3. The van der Waals surface area contributed by atoms with Gasteiger partial charge in [-0.25, -0.2) is 9.59 Å². The summed E-state index contributed by atoms with van der Waals surface area (Å²) in [6.07, 6.45) is -1.90. The number of nitro benzene ring substituents is 1. The van der Waals surface area contributed by atoms with Gasteiger partial charge in [-0.1, -0.05) is 57.2 Å². The predicted octanol–water partition coefficient (Wildman–Crippen LogP) is 7.21. The van der Waals surface area contributed by atoms with Crippen molar-refractivity contribution in [3.05, 3.63) is 87.5 Å². The fourth-order valence-electron chi connectivity index (χ4n) is 5.97. The van der Waals surface area contributed by atoms with Crippen LogP contribution < -0.4 is 5.32 Å². The van der Waals surface area contributed by atoms with Crippen LogP contribution in [-0.2, 0) is 27.1 Å². The van der Waals surface area contributed by atoms with E-state index in [1.807, 2.05) is 70.3 Å². The monoisotopic (exact) mass is 665 g/mol. The van der Waals surface area contributed by atoms with Gasteiger partial charge >= 0.3 is 12.2 Å². The summed E-state index contributed by atoms with van der Waals surface area (Å²) in [5.41, 5.74) is -0.215. The normalized spacial score (nSPS) is 19.1. The van der Waals surface area contributed by atoms with E-state index in [2.05, 4.69) is 26.1 Å². The van der Waals surface area contributed by atoms with Crippen molar-refractivity contribution in [2.24, 2.45) is 11.3 Å². The lowest BCUT2D eigenvalue weighted by Gasteiger charge is -2.44. The number of nitrogens with one attached hydrogen (secondary N) is 1. The Morgan fingerprint density at radius 1 is 1.04 bits per heavy atom. The van der Waals surface area contributed by atoms with Crippen molar-refractivity contribution in [1.29, 1.82) is 0 Å². The Morgan fingerprint density at radius 3 is 2.26 bits per heavy atom. The van der Waals surface area contributed by atoms with Crippen LogP contribution in [0, 0.1) is 21.4 Å². The van der Waals surface area contributed by atoms with Crippen molar-refractivity contribution in [1.82, 2.24) is 10.2 Å². The van der Waals surface area contributed by atoms with Crippen LogP contribution in [0.1, 0.15) is 70.8 Å². The first-order chi connectivity index (χ1) is 21.9. The maximum absolute atomic E-state index is 13.8. The molecule has 0 radical (unpaired) electrons. The van der Waals surface area contributed by atoms with Crippen molar-refractivity contribution in [2.45, 2.75) is 91.6 Å². The third-order valence-corrected chi connectivity index (χ3v) is 9.27. The van der Waals surface area contributed by atoms with E-state index in [0.29, 0.717) is 24.1 Å². The molecule has 1 heterocycles. The summed E-state index contributed by atoms with van der Waals surface area (Å²) in [7, 11) is -1.82. The number of hydrogen-bond donors (Lipinski definition) is 2. The smallest absolute Gasteiger partial charge is 0.412 e. The van der Waals surface area contributed by atoms with Crippen LogP contribution in [0.2, 0.25) is 13.1 Å². The second-order valence-corrected chi connectivity index (χ2v) is 16.8. The van der Waals surface area contributed by atoms with Gasteiger partial charge in [0.25, 0.3) is 5.69 Å². The fraction of sp³-hybridized carbons (Fsp3) is 0.486. The van der Waals surface area contributed by atoms with Gasteiger partial charge in [-0.2, -0.15) is 0 Å². The van der Waals surface area contributed by atoms with Gasteiger partial charge in [-0.15, -0.1) is 0 Å². The van der Waals surface area contributed by atoms with Crippen LogP contribution in [-0.4, -0.2) is 54.0 Å². The quantitative estimate of drug-likeness (QED) is 0.139. The Hall–Kier alpha value is -4.00. The zero-order valence-electron chi connectivity index (χ0n) is 28.5. The molecular weight excluding hydrogens is 618 g/mol. The second kappa shape index (κ2) is 14.0. The molecule has 11 nitrogen and oxygen atoms in total. The Labute approximate surface area is 278 Å². The number of aliphatic hydroxyl groups is 1. The molecule has 3 aromatic carbocycles. The molecule has 2 amide bonds. The minimum atomic E-state index is -1.82. The summed E-state index contributed by atoms with van der Waals surface area (Å²) < 4.78 is 17.9. The van der Waals surface area contributed by atoms with Gasteiger partial charge in [-0.05, 0) is 84.8 Å². The Bertz CT molecular complexity index is 1600. The van der Waals surface area contributed by atoms with Crippen LogP contribution in [0.4, 0.5) is 15.3 Å². The van der Waals surface area contributed by atoms with Gasteiger partial charge in [0, 0.05) is 31.6 Å². The van der Waals surface area contributed by atoms with E-state index in [4.69, 9.17) is 13.9 Å². The van der Waals surface area contributed by atoms with Crippen LogP contribution in [0.25, 0.3) is 10.8 Å². The van der Waals surface area contributed by atoms with Gasteiger partial charge in [0.05, 0.1) is 4.92 Å². The first-order valence-electron chi connectivity index (χ1n) is 15.9. The van der Waals surface area contributed by atoms with Crippen molar-refractivity contribution >= 4 is 37.7 Å². The molecule has 0 spiro atoms. The number of non-ortho nitro benzene ring substituents is 1. The lowest BCUT2D eigenvalue weighted by atomic mass is 9.77. The molecule has 0 bridgehead atoms. The minimum Gasteiger partial charge on any atom is -0.445 e. The largest absolute Gasteiger partial charge is 0.445 e. The molecule has 3 aromatic rings. The number of likely N-dealkylation sites (tertiary alicyclic amines) is 1. The lowest BCUT2D eigenvalue weighted by molar-refractivity contribution is -0.384. The van der Waals surface area contributed by atoms with E-state index < -0.39 is 43.6 Å². The zero-order chi connectivity index (χ0) is 34.7. The SMILES string of the molecule is C[SiH](C)O[C@]1(C(O)c2ccc(CNC(=O)OCc3ccc([N+](=O)[O-])cc3)c3ccccc23)C[C@H](C(C)(C)C)CN1C(=O)OC(C)(C)C. The van der Waals surface area contributed by atoms with Crippen LogP contribution in [0.5, 0.6) is 0 Å². The molecule has 0 saturated carbocycles. The van der Waals surface area contributed by atoms with Crippen LogP contribution >= 0.6 is 0 Å². The zero-order valence-corrected chi connectivity index (χ0v) is 29.7. The first kappa shape index (κ1) is 35.8. The molecule has 0 aromatic heterocycles. The number of carbonyl (C=O) groups is 2. The summed E-state index contributed by atoms with van der Waals surface area (Å²) in [4.78, 5) is 38.3. The average molecular weight is 666 g/mol. The number of benzene rings is 3. The van der Waals surface area contributed by atoms with Crippen molar-refractivity contribution in [3.63, 3.8) is 0 Å². The minimum absolute atomic E-state index is 0.0399. The number of fused-ring (bicyclic) bond motifs is 1. The van der Waals surface area contributed by atoms with Crippen LogP contribution in [0.3, 0.4) is 0 Å². The highest BCUT2D eigenvalue weighted by Crippen LogP contribution is 2.50. The summed E-state index contributed by atoms with van der Waals surface area (Å²) in [6.45, 7) is 16.4. The molecule has 4 rings (SSSR count). The highest BCUT2D eigenvalue weighted by molar-refractivity contribution is 6.48. The molecule has 254 valence electrons. The van der Waals surface area contributed by atoms with Crippen molar-refractivity contribution in [3.8, 4) is 0 Å². The topological polar surface area (TPSA) is 140 Å². The van der Waals surface area contributed by atoms with E-state index in [1.54, 1.807) is 17.0 Å². The van der Waals surface area contributed by atoms with Gasteiger partial charge in [-0.3, -0.25) is 15.0 Å². The Balaban J connectivity index is 1.62. The number of nitro groups is 1. The lowest BCUT2D eigenvalue weighted by Crippen LogP contribution is -2.56. The Kier molecular flexibility index (Phi) is 10.7. The number of rotatable bonds is 9. The number of ether oxygens (including phenoxy) is 2. The fourth-order valence-corrected chi connectivity index (χ4v) is 7.14. The van der Waals surface area contributed by atoms with E-state index in [1.165, 1.54) is 12.1 Å². The number of alkyl carbamates (subject to hydrolysis) is 1. The van der Waals surface area contributed by atoms with E-state index in [-0.39, 0.29) is 30.2 Å². The number of hydrogen-bond acceptors (Lipinski definition) is 8. The van der Waals surface area contributed by atoms with Crippen LogP contribution in [0.15, 0.2) is 60.7 Å². The number of amides is 2. The first-order valence-corrected chi connectivity index (χ1v) is 18.7. The Morgan fingerprint density at radius 2 is 1.68 bits per heavy atom. The molecule has 2 N–H and O–H groups in total. The number of carbonyl (C=O) groups excluding carboxylic acids is 2. The number of aliphatic hydroxyl groups excluding tert-OH is 1. The molecule has 1 aliphatic heterocycles. The third-order valence-electron chi connectivity index (χ3n) is 8.39. The van der Waals surface area contributed by atoms with Gasteiger partial charge < -0.3 is 24.3 Å². The number of nitrogens with zero attached hydrogens (tertiary/aromatic N) is 2. The summed E-state index contributed by atoms with van der Waals surface area (Å²) in [6, 6.07) is 17.1. The highest BCUT2D eigenvalue weighted by Gasteiger charge is 2.57. The molecule has 47 heavy (non-hydrogen) atoms. The van der Waals surface area contributed by atoms with Gasteiger partial charge in [0.1, 0.15) is 18.3 Å². The van der Waals surface area contributed by atoms with Gasteiger partial charge in [0.15, 0.2) is 14.8 Å². The van der Waals surface area contributed by atoms with Crippen molar-refractivity contribution < 1.29 is 33.5 Å². The maximum Gasteiger partial charge on any atom is 0.412 e. The van der Waals surface area contributed by atoms with Crippen molar-refractivity contribution in [2.75, 3.05) is 6.54 Å². The molecule has 3 atom stereocenters. The summed E-state index contributed by atoms with van der Waals surface area (Å²) in [5.74, 6) is 0.0455. The van der Waals surface area contributed by atoms with Gasteiger partial charge in [0.2, 0.25) is 0 Å². The molecule has 1 aliphatic rings. The van der Waals surface area contributed by atoms with E-state index in [0.717, 1.165) is 16.3 Å². The predicted molar refractivity (Wildman–Crippen MR) is 182 cm³/mol. The molecule has 1 saturated heterocycles. The molecule has 12 heteroatoms. The average Bonchev–Trinajstić information content (AvgIpc) is 3.38. The third kappa shape index (κ3) is 8.48. The molecule has 0 aliphatic carbocycles. The standard InChI is InChI=1S/C35H47N3O8Si/c1-33(2,3)25-19-35(46-47(7)8,37(21-25)32(41)45-34(4,5)6)30(39)29-18-15-24(27-11-9-10-12-28(27)29)20-36-31(40)44-22-23-13-16-26(17-14-23)38(42)43/h9-18,25,30,39,47H,19-22H2,1-8H3,(H,36,40)/t25-,30?,35-/m0/s1. The summed E-state index contributed by atoms with van der Waals surface area (Å²) >= 11 is 0. The molecule has 1 fully saturated rings. The summed E-state index contributed by atoms with van der Waals surface area (Å²) in [5, 5.41) is 27.6. The van der Waals surface area contributed by atoms with E-state index in [9.17, 15) is 24.8 Å². The molecular formula is C35H47N3O8Si. The second-order valence-electron chi connectivity index (χ2n) is 14.5. The molecule has 1 unspecified atom stereocenters. The maximum atomic E-state index is 13.8.